The van der Waals surface area contributed by atoms with Gasteiger partial charge in [0.15, 0.2) is 0 Å². The first kappa shape index (κ1) is 12.6. The fourth-order valence-electron chi connectivity index (χ4n) is 1.49. The minimum Gasteiger partial charge on any atom is -0.353 e. The molecule has 1 atom stereocenters. The summed E-state index contributed by atoms with van der Waals surface area (Å²) in [6, 6.07) is 0. The van der Waals surface area contributed by atoms with Crippen LogP contribution < -0.4 is 4.18 Å². The number of halogens is 3. The first-order valence-electron chi connectivity index (χ1n) is 4.43. The molecule has 0 fully saturated rings. The summed E-state index contributed by atoms with van der Waals surface area (Å²) in [7, 11) is -5.66. The van der Waals surface area contributed by atoms with Crippen molar-refractivity contribution in [3.63, 3.8) is 0 Å². The summed E-state index contributed by atoms with van der Waals surface area (Å²) in [5.74, 6) is -0.529. The highest BCUT2D eigenvalue weighted by Gasteiger charge is 2.49. The Morgan fingerprint density at radius 2 is 2.18 bits per heavy atom. The van der Waals surface area contributed by atoms with Crippen LogP contribution in [0, 0.1) is 0 Å². The van der Waals surface area contributed by atoms with Crippen LogP contribution in [0.2, 0.25) is 0 Å². The average molecular weight is 288 g/mol. The van der Waals surface area contributed by atoms with E-state index in [4.69, 9.17) is 0 Å². The van der Waals surface area contributed by atoms with E-state index in [9.17, 15) is 21.6 Å². The molecule has 0 amide bonds. The van der Waals surface area contributed by atoms with Crippen molar-refractivity contribution < 1.29 is 25.8 Å². The van der Waals surface area contributed by atoms with Gasteiger partial charge in [0.05, 0.1) is 12.0 Å². The number of fused-ring (bicyclic) bond motifs is 1. The molecule has 0 N–H and O–H groups in total. The van der Waals surface area contributed by atoms with E-state index in [0.29, 0.717) is 18.7 Å². The van der Waals surface area contributed by atoms with E-state index >= 15 is 0 Å². The molecule has 96 valence electrons. The number of imidazole rings is 1. The van der Waals surface area contributed by atoms with E-state index in [2.05, 4.69) is 21.8 Å². The van der Waals surface area contributed by atoms with Gasteiger partial charge < -0.3 is 8.75 Å². The van der Waals surface area contributed by atoms with Crippen molar-refractivity contribution >= 4 is 22.7 Å². The van der Waals surface area contributed by atoms with Crippen molar-refractivity contribution in [3.8, 4) is 5.88 Å². The van der Waals surface area contributed by atoms with Crippen LogP contribution in [-0.4, -0.2) is 28.7 Å². The van der Waals surface area contributed by atoms with E-state index in [0.717, 1.165) is 0 Å². The standard InChI is InChI=1S/C7H7F3N2O3S2/c8-7(9,10)17(13,14)15-6-5-1-4(16)2-12(5)3-11-6/h3-4,16H,1-2H2. The molecule has 0 aliphatic carbocycles. The maximum absolute atomic E-state index is 12.1. The Hall–Kier alpha value is -0.900. The highest BCUT2D eigenvalue weighted by Crippen LogP contribution is 2.31. The van der Waals surface area contributed by atoms with E-state index in [1.54, 1.807) is 0 Å². The molecule has 0 radical (unpaired) electrons. The van der Waals surface area contributed by atoms with Gasteiger partial charge in [0.25, 0.3) is 5.88 Å². The molecular formula is C7H7F3N2O3S2. The Morgan fingerprint density at radius 3 is 2.76 bits per heavy atom. The highest BCUT2D eigenvalue weighted by atomic mass is 32.2. The van der Waals surface area contributed by atoms with Crippen LogP contribution in [0.25, 0.3) is 0 Å². The predicted molar refractivity (Wildman–Crippen MR) is 54.3 cm³/mol. The molecule has 17 heavy (non-hydrogen) atoms. The largest absolute Gasteiger partial charge is 0.534 e. The van der Waals surface area contributed by atoms with E-state index in [-0.39, 0.29) is 5.25 Å². The van der Waals surface area contributed by atoms with Crippen molar-refractivity contribution in [2.45, 2.75) is 23.7 Å². The Labute approximate surface area is 100 Å². The lowest BCUT2D eigenvalue weighted by Gasteiger charge is -2.08. The maximum Gasteiger partial charge on any atom is 0.534 e. The molecule has 0 aromatic carbocycles. The van der Waals surface area contributed by atoms with Gasteiger partial charge in [-0.3, -0.25) is 0 Å². The third-order valence-corrected chi connectivity index (χ3v) is 3.51. The van der Waals surface area contributed by atoms with Crippen LogP contribution in [-0.2, 0) is 23.1 Å². The van der Waals surface area contributed by atoms with Crippen molar-refractivity contribution in [2.75, 3.05) is 0 Å². The quantitative estimate of drug-likeness (QED) is 0.500. The number of rotatable bonds is 2. The number of thiol groups is 1. The second kappa shape index (κ2) is 3.80. The van der Waals surface area contributed by atoms with Crippen LogP contribution in [0.5, 0.6) is 5.88 Å². The van der Waals surface area contributed by atoms with Gasteiger partial charge in [0.1, 0.15) is 0 Å². The van der Waals surface area contributed by atoms with Crippen LogP contribution in [0.4, 0.5) is 13.2 Å². The Kier molecular flexibility index (Phi) is 2.81. The summed E-state index contributed by atoms with van der Waals surface area (Å²) >= 11 is 4.14. The van der Waals surface area contributed by atoms with Crippen molar-refractivity contribution in [1.82, 2.24) is 9.55 Å². The number of alkyl halides is 3. The van der Waals surface area contributed by atoms with Crippen LogP contribution in [0.3, 0.4) is 0 Å². The molecular weight excluding hydrogens is 281 g/mol. The van der Waals surface area contributed by atoms with Gasteiger partial charge in [-0.05, 0) is 0 Å². The average Bonchev–Trinajstić information content (AvgIpc) is 2.65. The number of nitrogens with zero attached hydrogens (tertiary/aromatic N) is 2. The lowest BCUT2D eigenvalue weighted by Crippen LogP contribution is -2.28. The molecule has 1 aliphatic heterocycles. The Balaban J connectivity index is 2.28. The van der Waals surface area contributed by atoms with Crippen molar-refractivity contribution in [3.05, 3.63) is 12.0 Å². The lowest BCUT2D eigenvalue weighted by atomic mass is 10.3. The monoisotopic (exact) mass is 288 g/mol. The third kappa shape index (κ3) is 2.23. The van der Waals surface area contributed by atoms with E-state index < -0.39 is 21.5 Å². The Bertz CT molecular complexity index is 537. The van der Waals surface area contributed by atoms with E-state index in [1.807, 2.05) is 0 Å². The smallest absolute Gasteiger partial charge is 0.353 e. The predicted octanol–water partition coefficient (Wildman–Crippen LogP) is 0.966. The van der Waals surface area contributed by atoms with Crippen molar-refractivity contribution in [1.29, 1.82) is 0 Å². The lowest BCUT2D eigenvalue weighted by molar-refractivity contribution is -0.0501. The molecule has 2 rings (SSSR count). The molecule has 10 heteroatoms. The van der Waals surface area contributed by atoms with Crippen molar-refractivity contribution in [2.24, 2.45) is 0 Å². The van der Waals surface area contributed by atoms with Crippen LogP contribution in [0.1, 0.15) is 5.69 Å². The second-order valence-electron chi connectivity index (χ2n) is 3.49. The zero-order valence-corrected chi connectivity index (χ0v) is 9.89. The summed E-state index contributed by atoms with van der Waals surface area (Å²) in [5.41, 5.74) is -5.15. The summed E-state index contributed by atoms with van der Waals surface area (Å²) in [6.45, 7) is 0.459. The summed E-state index contributed by atoms with van der Waals surface area (Å²) in [6.07, 6.45) is 1.54. The zero-order chi connectivity index (χ0) is 12.8. The van der Waals surface area contributed by atoms with Crippen LogP contribution in [0.15, 0.2) is 6.33 Å². The second-order valence-corrected chi connectivity index (χ2v) is 5.76. The van der Waals surface area contributed by atoms with Gasteiger partial charge in [0, 0.05) is 18.2 Å². The first-order valence-corrected chi connectivity index (χ1v) is 6.36. The van der Waals surface area contributed by atoms with Gasteiger partial charge >= 0.3 is 15.6 Å². The minimum absolute atomic E-state index is 0.0797. The Morgan fingerprint density at radius 1 is 1.53 bits per heavy atom. The molecule has 5 nitrogen and oxygen atoms in total. The molecule has 1 aromatic rings. The topological polar surface area (TPSA) is 61.2 Å². The van der Waals surface area contributed by atoms with E-state index in [1.165, 1.54) is 10.9 Å². The normalized spacial score (nSPS) is 20.4. The number of hydrogen-bond acceptors (Lipinski definition) is 5. The molecule has 1 aliphatic rings. The SMILES string of the molecule is O=S(=O)(Oc1ncn2c1CC(S)C2)C(F)(F)F. The summed E-state index contributed by atoms with van der Waals surface area (Å²) in [5, 5.41) is -0.0797. The minimum atomic E-state index is -5.66. The van der Waals surface area contributed by atoms with Gasteiger partial charge in [-0.1, -0.05) is 0 Å². The first-order chi connectivity index (χ1) is 7.71. The molecule has 1 unspecified atom stereocenters. The molecule has 2 heterocycles. The molecule has 0 bridgehead atoms. The number of aromatic nitrogens is 2. The van der Waals surface area contributed by atoms with Gasteiger partial charge in [-0.25, -0.2) is 4.98 Å². The molecule has 1 aromatic heterocycles. The summed E-state index contributed by atoms with van der Waals surface area (Å²) < 4.78 is 63.3. The van der Waals surface area contributed by atoms with Crippen LogP contribution >= 0.6 is 12.6 Å². The molecule has 0 spiro atoms. The fourth-order valence-corrected chi connectivity index (χ4v) is 2.28. The third-order valence-electron chi connectivity index (χ3n) is 2.22. The van der Waals surface area contributed by atoms with Gasteiger partial charge in [0.2, 0.25) is 0 Å². The molecule has 0 saturated heterocycles. The van der Waals surface area contributed by atoms with Gasteiger partial charge in [-0.2, -0.15) is 34.2 Å². The van der Waals surface area contributed by atoms with Gasteiger partial charge in [-0.15, -0.1) is 0 Å². The molecule has 0 saturated carbocycles. The highest BCUT2D eigenvalue weighted by molar-refractivity contribution is 7.88. The number of hydrogen-bond donors (Lipinski definition) is 1. The maximum atomic E-state index is 12.1. The fraction of sp³-hybridized carbons (Fsp3) is 0.571. The summed E-state index contributed by atoms with van der Waals surface area (Å²) in [4.78, 5) is 3.50. The zero-order valence-electron chi connectivity index (χ0n) is 8.18.